The van der Waals surface area contributed by atoms with Crippen molar-refractivity contribution in [3.8, 4) is 11.5 Å². The predicted molar refractivity (Wildman–Crippen MR) is 164 cm³/mol. The van der Waals surface area contributed by atoms with Gasteiger partial charge in [-0.15, -0.1) is 0 Å². The minimum atomic E-state index is -0.761. The molecular weight excluding hydrogens is 570 g/mol. The van der Waals surface area contributed by atoms with Crippen LogP contribution in [0.1, 0.15) is 43.4 Å². The van der Waals surface area contributed by atoms with Crippen molar-refractivity contribution in [1.82, 2.24) is 15.5 Å². The standard InChI is InChI=1S/C33H38ClN3O6/c1-3-17-42-32(39)35-20-24(38)15-18-41-25-11-6-22(7-12-25)31-30-27(28-19-23(34)8-13-29(28)36-30)14-16-37(31)33(40)43-26-9-4-21(2)5-10-26/h4-13,19,24,28-29,31,36,38H,3,14-18,20H2,1-2H3,(H,35,39)/t24?,28?,29?,31-/m0/s1. The third-order valence-corrected chi connectivity index (χ3v) is 8.01. The lowest BCUT2D eigenvalue weighted by atomic mass is 9.85. The second-order valence-electron chi connectivity index (χ2n) is 10.9. The normalized spacial score (nSPS) is 21.3. The maximum Gasteiger partial charge on any atom is 0.416 e. The summed E-state index contributed by atoms with van der Waals surface area (Å²) in [5, 5.41) is 17.1. The van der Waals surface area contributed by atoms with Gasteiger partial charge < -0.3 is 30.0 Å². The van der Waals surface area contributed by atoms with Crippen LogP contribution in [0.5, 0.6) is 11.5 Å². The van der Waals surface area contributed by atoms with E-state index in [4.69, 9.17) is 25.8 Å². The molecule has 0 spiro atoms. The molecule has 2 heterocycles. The lowest BCUT2D eigenvalue weighted by Gasteiger charge is -2.37. The van der Waals surface area contributed by atoms with E-state index in [1.807, 2.05) is 56.3 Å². The van der Waals surface area contributed by atoms with E-state index in [2.05, 4.69) is 22.8 Å². The Morgan fingerprint density at radius 2 is 1.86 bits per heavy atom. The molecule has 228 valence electrons. The predicted octanol–water partition coefficient (Wildman–Crippen LogP) is 5.74. The first kappa shape index (κ1) is 30.5. The van der Waals surface area contributed by atoms with Gasteiger partial charge in [0.1, 0.15) is 17.5 Å². The van der Waals surface area contributed by atoms with Gasteiger partial charge in [-0.05, 0) is 61.2 Å². The third-order valence-electron chi connectivity index (χ3n) is 7.76. The van der Waals surface area contributed by atoms with Gasteiger partial charge in [-0.3, -0.25) is 4.90 Å². The molecule has 0 bridgehead atoms. The number of ether oxygens (including phenoxy) is 3. The van der Waals surface area contributed by atoms with Gasteiger partial charge in [0, 0.05) is 36.2 Å². The number of aliphatic hydroxyl groups is 1. The SMILES string of the molecule is CCCOC(=O)NCC(O)CCOc1ccc([C@H]2C3=C(CCN2C(=O)Oc2ccc(C)cc2)C2C=C(Cl)C=CC2N3)cc1. The quantitative estimate of drug-likeness (QED) is 0.316. The first-order valence-electron chi connectivity index (χ1n) is 14.7. The molecule has 0 saturated carbocycles. The first-order chi connectivity index (χ1) is 20.8. The number of aryl methyl sites for hydroxylation is 1. The highest BCUT2D eigenvalue weighted by Crippen LogP contribution is 2.45. The number of hydrogen-bond acceptors (Lipinski definition) is 7. The molecule has 4 atom stereocenters. The Morgan fingerprint density at radius 1 is 1.12 bits per heavy atom. The summed E-state index contributed by atoms with van der Waals surface area (Å²) in [6.45, 7) is 5.10. The molecule has 10 heteroatoms. The van der Waals surface area contributed by atoms with Gasteiger partial charge in [-0.1, -0.05) is 60.5 Å². The average molecular weight is 608 g/mol. The van der Waals surface area contributed by atoms with Crippen LogP contribution in [0.4, 0.5) is 9.59 Å². The number of alkyl carbamates (subject to hydrolysis) is 1. The Balaban J connectivity index is 1.27. The molecule has 0 fully saturated rings. The highest BCUT2D eigenvalue weighted by Gasteiger charge is 2.43. The molecule has 2 aromatic carbocycles. The van der Waals surface area contributed by atoms with Crippen molar-refractivity contribution in [3.05, 3.63) is 94.2 Å². The van der Waals surface area contributed by atoms with Gasteiger partial charge in [0.2, 0.25) is 0 Å². The van der Waals surface area contributed by atoms with E-state index in [-0.39, 0.29) is 31.2 Å². The second kappa shape index (κ2) is 14.0. The number of carbonyl (C=O) groups excluding carboxylic acids is 2. The minimum Gasteiger partial charge on any atom is -0.493 e. The van der Waals surface area contributed by atoms with E-state index in [0.29, 0.717) is 42.5 Å². The Kier molecular flexibility index (Phi) is 9.94. The zero-order valence-corrected chi connectivity index (χ0v) is 25.2. The van der Waals surface area contributed by atoms with Crippen LogP contribution in [0.15, 0.2) is 83.1 Å². The van der Waals surface area contributed by atoms with Gasteiger partial charge in [-0.2, -0.15) is 0 Å². The number of carbonyl (C=O) groups is 2. The van der Waals surface area contributed by atoms with Crippen LogP contribution in [0.25, 0.3) is 0 Å². The lowest BCUT2D eigenvalue weighted by molar-refractivity contribution is 0.118. The molecule has 3 unspecified atom stereocenters. The summed E-state index contributed by atoms with van der Waals surface area (Å²) in [7, 11) is 0. The summed E-state index contributed by atoms with van der Waals surface area (Å²) in [6.07, 6.45) is 6.13. The molecule has 43 heavy (non-hydrogen) atoms. The highest BCUT2D eigenvalue weighted by molar-refractivity contribution is 6.31. The largest absolute Gasteiger partial charge is 0.493 e. The Hall–Kier alpha value is -3.95. The number of nitrogens with one attached hydrogen (secondary N) is 2. The summed E-state index contributed by atoms with van der Waals surface area (Å²) in [5.41, 5.74) is 4.25. The van der Waals surface area contributed by atoms with E-state index in [1.165, 1.54) is 5.57 Å². The number of benzene rings is 2. The molecule has 0 radical (unpaired) electrons. The van der Waals surface area contributed by atoms with Crippen molar-refractivity contribution in [2.24, 2.45) is 5.92 Å². The van der Waals surface area contributed by atoms with Crippen LogP contribution >= 0.6 is 11.6 Å². The number of rotatable bonds is 10. The zero-order chi connectivity index (χ0) is 30.3. The molecule has 2 aromatic rings. The third kappa shape index (κ3) is 7.53. The number of allylic oxidation sites excluding steroid dienone is 2. The number of hydrogen-bond donors (Lipinski definition) is 3. The van der Waals surface area contributed by atoms with Crippen LogP contribution in [0.3, 0.4) is 0 Å². The highest BCUT2D eigenvalue weighted by atomic mass is 35.5. The van der Waals surface area contributed by atoms with Crippen LogP contribution in [0, 0.1) is 12.8 Å². The molecule has 0 saturated heterocycles. The summed E-state index contributed by atoms with van der Waals surface area (Å²) >= 11 is 6.36. The van der Waals surface area contributed by atoms with Gasteiger partial charge in [0.15, 0.2) is 0 Å². The number of nitrogens with zero attached hydrogens (tertiary/aromatic N) is 1. The number of amides is 2. The van der Waals surface area contributed by atoms with Crippen molar-refractivity contribution >= 4 is 23.8 Å². The van der Waals surface area contributed by atoms with Crippen LogP contribution < -0.4 is 20.1 Å². The topological polar surface area (TPSA) is 109 Å². The minimum absolute atomic E-state index is 0.0834. The van der Waals surface area contributed by atoms with Crippen LogP contribution in [-0.4, -0.2) is 60.6 Å². The van der Waals surface area contributed by atoms with Crippen molar-refractivity contribution in [3.63, 3.8) is 0 Å². The van der Waals surface area contributed by atoms with Gasteiger partial charge in [-0.25, -0.2) is 9.59 Å². The Bertz CT molecular complexity index is 1390. The maximum atomic E-state index is 13.5. The first-order valence-corrected chi connectivity index (χ1v) is 15.1. The van der Waals surface area contributed by atoms with E-state index < -0.39 is 18.3 Å². The number of aliphatic hydroxyl groups excluding tert-OH is 1. The van der Waals surface area contributed by atoms with E-state index in [1.54, 1.807) is 17.0 Å². The molecule has 5 rings (SSSR count). The zero-order valence-electron chi connectivity index (χ0n) is 24.4. The van der Waals surface area contributed by atoms with Gasteiger partial charge >= 0.3 is 12.2 Å². The number of halogens is 1. The molecule has 9 nitrogen and oxygen atoms in total. The Morgan fingerprint density at radius 3 is 2.60 bits per heavy atom. The molecule has 2 aliphatic heterocycles. The molecule has 1 aliphatic carbocycles. The molecular formula is C33H38ClN3O6. The molecule has 0 aromatic heterocycles. The molecule has 3 aliphatic rings. The lowest BCUT2D eigenvalue weighted by Crippen LogP contribution is -2.43. The van der Waals surface area contributed by atoms with Gasteiger partial charge in [0.25, 0.3) is 0 Å². The van der Waals surface area contributed by atoms with Crippen molar-refractivity contribution in [1.29, 1.82) is 0 Å². The fraction of sp³-hybridized carbons (Fsp3) is 0.394. The number of fused-ring (bicyclic) bond motifs is 2. The smallest absolute Gasteiger partial charge is 0.416 e. The fourth-order valence-corrected chi connectivity index (χ4v) is 5.76. The molecule has 2 amide bonds. The van der Waals surface area contributed by atoms with Crippen molar-refractivity contribution in [2.75, 3.05) is 26.3 Å². The summed E-state index contributed by atoms with van der Waals surface area (Å²) < 4.78 is 16.6. The molecule has 3 N–H and O–H groups in total. The summed E-state index contributed by atoms with van der Waals surface area (Å²) in [5.74, 6) is 1.27. The summed E-state index contributed by atoms with van der Waals surface area (Å²) in [6, 6.07) is 14.8. The van der Waals surface area contributed by atoms with Crippen molar-refractivity contribution < 1.29 is 28.9 Å². The average Bonchev–Trinajstić information content (AvgIpc) is 3.38. The van der Waals surface area contributed by atoms with E-state index >= 15 is 0 Å². The summed E-state index contributed by atoms with van der Waals surface area (Å²) in [4.78, 5) is 26.9. The van der Waals surface area contributed by atoms with E-state index in [0.717, 1.165) is 23.2 Å². The monoisotopic (exact) mass is 607 g/mol. The Labute approximate surface area is 257 Å². The fourth-order valence-electron chi connectivity index (χ4n) is 5.55. The maximum absolute atomic E-state index is 13.5. The van der Waals surface area contributed by atoms with Crippen LogP contribution in [-0.2, 0) is 4.74 Å². The van der Waals surface area contributed by atoms with Crippen molar-refractivity contribution in [2.45, 2.75) is 51.3 Å². The van der Waals surface area contributed by atoms with Crippen LogP contribution in [0.2, 0.25) is 0 Å². The second-order valence-corrected chi connectivity index (χ2v) is 11.4. The van der Waals surface area contributed by atoms with E-state index in [9.17, 15) is 14.7 Å². The van der Waals surface area contributed by atoms with Gasteiger partial charge in [0.05, 0.1) is 25.4 Å².